The molecular formula is C13H15Cl2NO4S. The van der Waals surface area contributed by atoms with E-state index >= 15 is 0 Å². The summed E-state index contributed by atoms with van der Waals surface area (Å²) in [5.74, 6) is -1.97. The van der Waals surface area contributed by atoms with Gasteiger partial charge < -0.3 is 14.7 Å². The number of carbonyl (C=O) groups is 2. The van der Waals surface area contributed by atoms with Gasteiger partial charge in [-0.2, -0.15) is 0 Å². The molecule has 8 heteroatoms. The molecule has 0 bridgehead atoms. The maximum absolute atomic E-state index is 12.7. The number of carboxylic acid groups (broad SMARTS) is 1. The van der Waals surface area contributed by atoms with Crippen LogP contribution in [0.4, 0.5) is 0 Å². The van der Waals surface area contributed by atoms with Gasteiger partial charge in [0.1, 0.15) is 10.3 Å². The third-order valence-corrected chi connectivity index (χ3v) is 4.87. The Balaban J connectivity index is 2.28. The minimum Gasteiger partial charge on any atom is -0.481 e. The minimum absolute atomic E-state index is 0.117. The number of hydrogen-bond donors (Lipinski definition) is 1. The number of ether oxygens (including phenoxy) is 1. The summed E-state index contributed by atoms with van der Waals surface area (Å²) in [6, 6.07) is 1.04. The summed E-state index contributed by atoms with van der Waals surface area (Å²) >= 11 is 13.0. The van der Waals surface area contributed by atoms with Crippen LogP contribution in [-0.4, -0.2) is 47.7 Å². The molecule has 0 radical (unpaired) electrons. The average Bonchev–Trinajstić information content (AvgIpc) is 3.01. The van der Waals surface area contributed by atoms with Crippen LogP contribution in [0.25, 0.3) is 0 Å². The van der Waals surface area contributed by atoms with Gasteiger partial charge in [0.05, 0.1) is 29.2 Å². The fourth-order valence-electron chi connectivity index (χ4n) is 2.39. The Kier molecular flexibility index (Phi) is 5.48. The molecule has 1 aliphatic rings. The SMILES string of the molecule is CCCN(C(=O)c1cc(Cl)sc1Cl)C1COCC1C(=O)O. The van der Waals surface area contributed by atoms with E-state index in [1.165, 1.54) is 11.0 Å². The molecule has 1 N–H and O–H groups in total. The first-order valence-electron chi connectivity index (χ1n) is 6.52. The van der Waals surface area contributed by atoms with Crippen LogP contribution in [-0.2, 0) is 9.53 Å². The summed E-state index contributed by atoms with van der Waals surface area (Å²) in [4.78, 5) is 25.5. The molecule has 0 aliphatic carbocycles. The van der Waals surface area contributed by atoms with Crippen LogP contribution in [0.2, 0.25) is 8.67 Å². The number of nitrogens with zero attached hydrogens (tertiary/aromatic N) is 1. The van der Waals surface area contributed by atoms with Crippen LogP contribution in [0.15, 0.2) is 6.07 Å². The lowest BCUT2D eigenvalue weighted by Crippen LogP contribution is -2.46. The molecular weight excluding hydrogens is 337 g/mol. The zero-order valence-corrected chi connectivity index (χ0v) is 13.7. The summed E-state index contributed by atoms with van der Waals surface area (Å²) in [5, 5.41) is 9.25. The topological polar surface area (TPSA) is 66.8 Å². The van der Waals surface area contributed by atoms with Crippen molar-refractivity contribution < 1.29 is 19.4 Å². The average molecular weight is 352 g/mol. The first kappa shape index (κ1) is 16.5. The van der Waals surface area contributed by atoms with Crippen LogP contribution in [0.3, 0.4) is 0 Å². The third-order valence-electron chi connectivity index (χ3n) is 3.38. The number of rotatable bonds is 5. The highest BCUT2D eigenvalue weighted by molar-refractivity contribution is 7.20. The van der Waals surface area contributed by atoms with Gasteiger partial charge in [0.25, 0.3) is 5.91 Å². The van der Waals surface area contributed by atoms with Gasteiger partial charge in [-0.1, -0.05) is 30.1 Å². The normalized spacial score (nSPS) is 21.5. The van der Waals surface area contributed by atoms with Crippen LogP contribution in [0, 0.1) is 5.92 Å². The fourth-order valence-corrected chi connectivity index (χ4v) is 3.83. The summed E-state index contributed by atoms with van der Waals surface area (Å²) in [6.45, 7) is 2.71. The van der Waals surface area contributed by atoms with Gasteiger partial charge in [-0.05, 0) is 12.5 Å². The molecule has 21 heavy (non-hydrogen) atoms. The Morgan fingerprint density at radius 2 is 2.19 bits per heavy atom. The zero-order chi connectivity index (χ0) is 15.6. The number of carboxylic acids is 1. The van der Waals surface area contributed by atoms with Crippen molar-refractivity contribution >= 4 is 46.4 Å². The van der Waals surface area contributed by atoms with Gasteiger partial charge >= 0.3 is 5.97 Å². The Labute approximate surface area is 136 Å². The molecule has 2 unspecified atom stereocenters. The smallest absolute Gasteiger partial charge is 0.311 e. The Morgan fingerprint density at radius 3 is 2.71 bits per heavy atom. The second-order valence-corrected chi connectivity index (χ2v) is 7.07. The Morgan fingerprint density at radius 1 is 1.48 bits per heavy atom. The Bertz CT molecular complexity index is 548. The summed E-state index contributed by atoms with van der Waals surface area (Å²) in [5.41, 5.74) is 0.316. The zero-order valence-electron chi connectivity index (χ0n) is 11.3. The van der Waals surface area contributed by atoms with Gasteiger partial charge in [0.15, 0.2) is 0 Å². The molecule has 116 valence electrons. The van der Waals surface area contributed by atoms with Crippen LogP contribution in [0.1, 0.15) is 23.7 Å². The van der Waals surface area contributed by atoms with Crippen molar-refractivity contribution in [3.8, 4) is 0 Å². The second kappa shape index (κ2) is 6.96. The first-order chi connectivity index (χ1) is 9.95. The molecule has 0 aromatic carbocycles. The fraction of sp³-hybridized carbons (Fsp3) is 0.538. The van der Waals surface area contributed by atoms with E-state index in [2.05, 4.69) is 0 Å². The lowest BCUT2D eigenvalue weighted by molar-refractivity contribution is -0.142. The highest BCUT2D eigenvalue weighted by atomic mass is 35.5. The van der Waals surface area contributed by atoms with Crippen molar-refractivity contribution in [3.63, 3.8) is 0 Å². The highest BCUT2D eigenvalue weighted by Crippen LogP contribution is 2.33. The van der Waals surface area contributed by atoms with E-state index < -0.39 is 17.9 Å². The Hall–Kier alpha value is -0.820. The minimum atomic E-state index is -0.958. The lowest BCUT2D eigenvalue weighted by Gasteiger charge is -2.30. The van der Waals surface area contributed by atoms with Crippen molar-refractivity contribution in [3.05, 3.63) is 20.3 Å². The maximum atomic E-state index is 12.7. The van der Waals surface area contributed by atoms with Crippen molar-refractivity contribution in [2.24, 2.45) is 5.92 Å². The number of amides is 1. The highest BCUT2D eigenvalue weighted by Gasteiger charge is 2.40. The molecule has 0 saturated carbocycles. The summed E-state index contributed by atoms with van der Waals surface area (Å²) in [7, 11) is 0. The molecule has 1 fully saturated rings. The van der Waals surface area contributed by atoms with Crippen molar-refractivity contribution in [2.75, 3.05) is 19.8 Å². The van der Waals surface area contributed by atoms with E-state index in [0.29, 0.717) is 27.2 Å². The quantitative estimate of drug-likeness (QED) is 0.885. The number of thiophene rings is 1. The molecule has 1 aromatic rings. The molecule has 1 aliphatic heterocycles. The molecule has 1 saturated heterocycles. The van der Waals surface area contributed by atoms with Crippen molar-refractivity contribution in [2.45, 2.75) is 19.4 Å². The van der Waals surface area contributed by atoms with E-state index in [1.54, 1.807) is 0 Å². The summed E-state index contributed by atoms with van der Waals surface area (Å²) < 4.78 is 5.99. The number of hydrogen-bond acceptors (Lipinski definition) is 4. The first-order valence-corrected chi connectivity index (χ1v) is 8.09. The van der Waals surface area contributed by atoms with Crippen LogP contribution >= 0.6 is 34.5 Å². The van der Waals surface area contributed by atoms with Crippen LogP contribution in [0.5, 0.6) is 0 Å². The van der Waals surface area contributed by atoms with Crippen molar-refractivity contribution in [1.82, 2.24) is 4.90 Å². The van der Waals surface area contributed by atoms with Gasteiger partial charge in [-0.3, -0.25) is 9.59 Å². The molecule has 0 spiro atoms. The molecule has 2 atom stereocenters. The molecule has 2 heterocycles. The molecule has 1 aromatic heterocycles. The predicted molar refractivity (Wildman–Crippen MR) is 81.4 cm³/mol. The maximum Gasteiger partial charge on any atom is 0.311 e. The molecule has 5 nitrogen and oxygen atoms in total. The van der Waals surface area contributed by atoms with Crippen LogP contribution < -0.4 is 0 Å². The van der Waals surface area contributed by atoms with Gasteiger partial charge in [0.2, 0.25) is 0 Å². The van der Waals surface area contributed by atoms with Crippen molar-refractivity contribution in [1.29, 1.82) is 0 Å². The summed E-state index contributed by atoms with van der Waals surface area (Å²) in [6.07, 6.45) is 0.712. The van der Waals surface area contributed by atoms with Gasteiger partial charge in [-0.25, -0.2) is 0 Å². The number of aliphatic carboxylic acids is 1. The van der Waals surface area contributed by atoms with E-state index in [1.807, 2.05) is 6.92 Å². The molecule has 1 amide bonds. The predicted octanol–water partition coefficient (Wildman–Crippen LogP) is 3.01. The largest absolute Gasteiger partial charge is 0.481 e. The van der Waals surface area contributed by atoms with E-state index in [9.17, 15) is 14.7 Å². The third kappa shape index (κ3) is 3.51. The van der Waals surface area contributed by atoms with Gasteiger partial charge in [0, 0.05) is 6.54 Å². The van der Waals surface area contributed by atoms with E-state index in [0.717, 1.165) is 11.3 Å². The second-order valence-electron chi connectivity index (χ2n) is 4.79. The monoisotopic (exact) mass is 351 g/mol. The number of halogens is 2. The van der Waals surface area contributed by atoms with E-state index in [-0.39, 0.29) is 19.1 Å². The van der Waals surface area contributed by atoms with Gasteiger partial charge in [-0.15, -0.1) is 11.3 Å². The molecule has 2 rings (SSSR count). The number of carbonyl (C=O) groups excluding carboxylic acids is 1. The standard InChI is InChI=1S/C13H15Cl2NO4S/c1-2-3-16(9-6-20-5-8(9)13(18)19)12(17)7-4-10(14)21-11(7)15/h4,8-9H,2-3,5-6H2,1H3,(H,18,19). The van der Waals surface area contributed by atoms with E-state index in [4.69, 9.17) is 27.9 Å². The lowest BCUT2D eigenvalue weighted by atomic mass is 10.0.